The zero-order valence-electron chi connectivity index (χ0n) is 18.4. The molecule has 4 aliphatic carbocycles. The fraction of sp³-hybridized carbons (Fsp3) is 0.708. The molecule has 5 nitrogen and oxygen atoms in total. The Morgan fingerprint density at radius 3 is 2.61 bits per heavy atom. The van der Waals surface area contributed by atoms with Crippen molar-refractivity contribution in [2.45, 2.75) is 70.8 Å². The van der Waals surface area contributed by atoms with Crippen molar-refractivity contribution in [3.8, 4) is 0 Å². The van der Waals surface area contributed by atoms with Gasteiger partial charge in [0.1, 0.15) is 0 Å². The number of esters is 1. The van der Waals surface area contributed by atoms with Gasteiger partial charge in [0.2, 0.25) is 0 Å². The quantitative estimate of drug-likeness (QED) is 0.521. The molecule has 4 aliphatic rings. The molecule has 3 saturated carbocycles. The first-order valence-electron chi connectivity index (χ1n) is 11.0. The number of halogens is 2. The monoisotopic (exact) mass is 452 g/mol. The van der Waals surface area contributed by atoms with Crippen molar-refractivity contribution in [3.63, 3.8) is 0 Å². The topological polar surface area (TPSA) is 80.7 Å². The second-order valence-electron chi connectivity index (χ2n) is 10.3. The van der Waals surface area contributed by atoms with Crippen LogP contribution < -0.4 is 0 Å². The van der Waals surface area contributed by atoms with Gasteiger partial charge in [0.05, 0.1) is 12.0 Å². The van der Waals surface area contributed by atoms with Crippen LogP contribution in [0.1, 0.15) is 53.4 Å². The summed E-state index contributed by atoms with van der Waals surface area (Å²) in [6, 6.07) is 0. The molecule has 0 aromatic rings. The van der Waals surface area contributed by atoms with Crippen LogP contribution in [0.25, 0.3) is 0 Å². The van der Waals surface area contributed by atoms with Crippen molar-refractivity contribution in [2.75, 3.05) is 5.88 Å². The lowest BCUT2D eigenvalue weighted by molar-refractivity contribution is -0.226. The average Bonchev–Trinajstić information content (AvgIpc) is 2.90. The highest BCUT2D eigenvalue weighted by atomic mass is 35.5. The van der Waals surface area contributed by atoms with Crippen LogP contribution in [0, 0.1) is 28.6 Å². The van der Waals surface area contributed by atoms with Crippen LogP contribution in [0.4, 0.5) is 4.39 Å². The predicted molar refractivity (Wildman–Crippen MR) is 113 cm³/mol. The second-order valence-corrected chi connectivity index (χ2v) is 10.6. The van der Waals surface area contributed by atoms with Gasteiger partial charge >= 0.3 is 5.97 Å². The zero-order chi connectivity index (χ0) is 23.0. The minimum absolute atomic E-state index is 0.0322. The molecule has 1 N–H and O–H groups in total. The SMILES string of the molecule is CC(=O)O[C@]1(C(=O)CCl)[C@@H](C)CC2C3CCC4=CC(=O)C=CC4(C)[C@@]3(F)[C@@H](O)CC21C. The number of Topliss-reactive ketones (excluding diaryl/α,β-unsaturated/α-hetero) is 1. The van der Waals surface area contributed by atoms with E-state index < -0.39 is 45.9 Å². The number of aliphatic hydroxyl groups is 1. The number of carbonyl (C=O) groups is 3. The van der Waals surface area contributed by atoms with Crippen molar-refractivity contribution in [1.29, 1.82) is 0 Å². The number of carbonyl (C=O) groups excluding carboxylic acids is 3. The number of hydrogen-bond donors (Lipinski definition) is 1. The number of ether oxygens (including phenoxy) is 1. The Labute approximate surface area is 187 Å². The molecular weight excluding hydrogens is 423 g/mol. The van der Waals surface area contributed by atoms with E-state index in [4.69, 9.17) is 16.3 Å². The van der Waals surface area contributed by atoms with E-state index in [1.54, 1.807) is 13.0 Å². The molecule has 0 aromatic carbocycles. The normalized spacial score (nSPS) is 48.4. The molecule has 0 aliphatic heterocycles. The molecular formula is C24H30ClFO5. The highest BCUT2D eigenvalue weighted by molar-refractivity contribution is 6.29. The summed E-state index contributed by atoms with van der Waals surface area (Å²) in [5.41, 5.74) is -4.83. The highest BCUT2D eigenvalue weighted by Crippen LogP contribution is 2.71. The Hall–Kier alpha value is -1.53. The summed E-state index contributed by atoms with van der Waals surface area (Å²) in [5, 5.41) is 11.3. The Kier molecular flexibility index (Phi) is 5.10. The third kappa shape index (κ3) is 2.61. The highest BCUT2D eigenvalue weighted by Gasteiger charge is 2.77. The molecule has 8 atom stereocenters. The van der Waals surface area contributed by atoms with Gasteiger partial charge in [-0.15, -0.1) is 11.6 Å². The fourth-order valence-electron chi connectivity index (χ4n) is 7.72. The van der Waals surface area contributed by atoms with E-state index in [-0.39, 0.29) is 29.9 Å². The molecule has 0 amide bonds. The van der Waals surface area contributed by atoms with Crippen LogP contribution >= 0.6 is 11.6 Å². The molecule has 0 aromatic heterocycles. The molecule has 0 bridgehead atoms. The van der Waals surface area contributed by atoms with Crippen molar-refractivity contribution in [2.24, 2.45) is 28.6 Å². The summed E-state index contributed by atoms with van der Waals surface area (Å²) >= 11 is 5.97. The third-order valence-corrected chi connectivity index (χ3v) is 9.26. The lowest BCUT2D eigenvalue weighted by atomic mass is 9.44. The minimum atomic E-state index is -1.99. The van der Waals surface area contributed by atoms with Gasteiger partial charge in [-0.2, -0.15) is 0 Å². The van der Waals surface area contributed by atoms with Gasteiger partial charge in [-0.25, -0.2) is 4.39 Å². The van der Waals surface area contributed by atoms with E-state index in [9.17, 15) is 19.5 Å². The fourth-order valence-corrected chi connectivity index (χ4v) is 7.92. The van der Waals surface area contributed by atoms with Gasteiger partial charge in [0, 0.05) is 29.6 Å². The molecule has 4 unspecified atom stereocenters. The molecule has 170 valence electrons. The van der Waals surface area contributed by atoms with Gasteiger partial charge in [-0.05, 0) is 50.7 Å². The third-order valence-electron chi connectivity index (χ3n) is 9.02. The van der Waals surface area contributed by atoms with Crippen LogP contribution in [0.15, 0.2) is 23.8 Å². The van der Waals surface area contributed by atoms with Crippen LogP contribution in [-0.2, 0) is 19.1 Å². The van der Waals surface area contributed by atoms with E-state index in [1.807, 2.05) is 13.8 Å². The van der Waals surface area contributed by atoms with E-state index in [1.165, 1.54) is 19.1 Å². The summed E-state index contributed by atoms with van der Waals surface area (Å²) in [4.78, 5) is 37.2. The molecule has 0 saturated heterocycles. The Morgan fingerprint density at radius 2 is 2.00 bits per heavy atom. The number of ketones is 2. The zero-order valence-corrected chi connectivity index (χ0v) is 19.2. The van der Waals surface area contributed by atoms with Crippen molar-refractivity contribution in [1.82, 2.24) is 0 Å². The first-order valence-corrected chi connectivity index (χ1v) is 11.5. The molecule has 31 heavy (non-hydrogen) atoms. The number of alkyl halides is 2. The maximum absolute atomic E-state index is 17.1. The molecule has 0 radical (unpaired) electrons. The predicted octanol–water partition coefficient (Wildman–Crippen LogP) is 3.71. The van der Waals surface area contributed by atoms with Crippen LogP contribution in [-0.4, -0.2) is 45.9 Å². The molecule has 4 rings (SSSR count). The number of allylic oxidation sites excluding steroid dienone is 4. The van der Waals surface area contributed by atoms with Gasteiger partial charge in [0.15, 0.2) is 22.8 Å². The number of rotatable bonds is 3. The maximum Gasteiger partial charge on any atom is 0.303 e. The first kappa shape index (κ1) is 22.7. The lowest BCUT2D eigenvalue weighted by Crippen LogP contribution is -2.70. The van der Waals surface area contributed by atoms with Gasteiger partial charge in [0.25, 0.3) is 0 Å². The maximum atomic E-state index is 17.1. The lowest BCUT2D eigenvalue weighted by Gasteiger charge is -2.62. The van der Waals surface area contributed by atoms with Crippen LogP contribution in [0.3, 0.4) is 0 Å². The molecule has 0 spiro atoms. The summed E-state index contributed by atoms with van der Waals surface area (Å²) in [6.45, 7) is 6.69. The standard InChI is InChI=1S/C24H30ClFO5/c1-13-9-18-17-6-5-15-10-16(28)7-8-21(15,3)23(17,26)19(29)11-22(18,4)24(13,20(30)12-25)31-14(2)27/h7-8,10,13,17-19,29H,5-6,9,11-12H2,1-4H3/t13-,17?,18?,19-,21?,22?,23-,24-/m0/s1. The van der Waals surface area contributed by atoms with E-state index in [0.717, 1.165) is 0 Å². The largest absolute Gasteiger partial charge is 0.450 e. The average molecular weight is 453 g/mol. The number of hydrogen-bond acceptors (Lipinski definition) is 5. The van der Waals surface area contributed by atoms with Gasteiger partial charge in [-0.3, -0.25) is 14.4 Å². The second kappa shape index (κ2) is 6.98. The van der Waals surface area contributed by atoms with E-state index in [2.05, 4.69) is 0 Å². The van der Waals surface area contributed by atoms with Gasteiger partial charge < -0.3 is 9.84 Å². The van der Waals surface area contributed by atoms with Crippen molar-refractivity contribution >= 4 is 29.1 Å². The number of aliphatic hydroxyl groups excluding tert-OH is 1. The molecule has 7 heteroatoms. The van der Waals surface area contributed by atoms with E-state index >= 15 is 4.39 Å². The first-order chi connectivity index (χ1) is 14.4. The Balaban J connectivity index is 1.86. The summed E-state index contributed by atoms with van der Waals surface area (Å²) < 4.78 is 22.9. The van der Waals surface area contributed by atoms with Crippen LogP contribution in [0.2, 0.25) is 0 Å². The summed E-state index contributed by atoms with van der Waals surface area (Å²) in [7, 11) is 0. The molecule has 0 heterocycles. The summed E-state index contributed by atoms with van der Waals surface area (Å²) in [5.74, 6) is -2.67. The van der Waals surface area contributed by atoms with Crippen molar-refractivity contribution < 1.29 is 28.6 Å². The smallest absolute Gasteiger partial charge is 0.303 e. The number of fused-ring (bicyclic) bond motifs is 5. The van der Waals surface area contributed by atoms with Crippen molar-refractivity contribution in [3.05, 3.63) is 23.8 Å². The molecule has 3 fully saturated rings. The van der Waals surface area contributed by atoms with E-state index in [0.29, 0.717) is 24.8 Å². The Morgan fingerprint density at radius 1 is 1.32 bits per heavy atom. The minimum Gasteiger partial charge on any atom is -0.450 e. The van der Waals surface area contributed by atoms with Gasteiger partial charge in [-0.1, -0.05) is 25.5 Å². The summed E-state index contributed by atoms with van der Waals surface area (Å²) in [6.07, 6.45) is 4.54. The van der Waals surface area contributed by atoms with Crippen LogP contribution in [0.5, 0.6) is 0 Å². The Bertz CT molecular complexity index is 914.